The number of nitrogens with one attached hydrogen (secondary N) is 1. The number of aromatic nitrogens is 2. The molecule has 1 saturated carbocycles. The lowest BCUT2D eigenvalue weighted by molar-refractivity contribution is 0.00158. The molecule has 2 aromatic rings. The van der Waals surface area contributed by atoms with Crippen molar-refractivity contribution < 1.29 is 14.3 Å². The maximum atomic E-state index is 13.4. The van der Waals surface area contributed by atoms with E-state index in [1.807, 2.05) is 29.2 Å². The normalized spacial score (nSPS) is 20.8. The number of anilines is 1. The van der Waals surface area contributed by atoms with Crippen molar-refractivity contribution in [3.05, 3.63) is 52.5 Å². The van der Waals surface area contributed by atoms with Gasteiger partial charge >= 0.3 is 0 Å². The number of fused-ring (bicyclic) bond motifs is 1. The molecule has 1 aromatic heterocycles. The second-order valence-electron chi connectivity index (χ2n) is 11.4. The zero-order valence-corrected chi connectivity index (χ0v) is 24.2. The summed E-state index contributed by atoms with van der Waals surface area (Å²) in [6.07, 6.45) is 11.4. The Bertz CT molecular complexity index is 1250. The molecule has 0 atom stereocenters. The van der Waals surface area contributed by atoms with Crippen molar-refractivity contribution in [2.75, 3.05) is 51.8 Å². The summed E-state index contributed by atoms with van der Waals surface area (Å²) in [5, 5.41) is 4.41. The molecule has 0 bridgehead atoms. The average Bonchev–Trinajstić information content (AvgIpc) is 3.38. The number of halogens is 1. The van der Waals surface area contributed by atoms with Crippen LogP contribution in [0.25, 0.3) is 5.03 Å². The van der Waals surface area contributed by atoms with E-state index in [-0.39, 0.29) is 5.91 Å². The molecular formula is C31H40ClN5O3. The second-order valence-corrected chi connectivity index (χ2v) is 11.8. The molecule has 3 fully saturated rings. The first-order valence-electron chi connectivity index (χ1n) is 14.9. The molecule has 1 N–H and O–H groups in total. The molecule has 0 radical (unpaired) electrons. The molecule has 1 amide bonds. The van der Waals surface area contributed by atoms with Crippen LogP contribution in [-0.2, 0) is 17.6 Å². The first kappa shape index (κ1) is 27.5. The van der Waals surface area contributed by atoms with Gasteiger partial charge in [-0.15, -0.1) is 0 Å². The molecular weight excluding hydrogens is 526 g/mol. The molecule has 8 nitrogen and oxygen atoms in total. The van der Waals surface area contributed by atoms with Gasteiger partial charge in [-0.2, -0.15) is 0 Å². The third kappa shape index (κ3) is 5.99. The van der Waals surface area contributed by atoms with Crippen LogP contribution >= 0.6 is 11.6 Å². The number of benzene rings is 1. The van der Waals surface area contributed by atoms with Gasteiger partial charge in [0.15, 0.2) is 0 Å². The number of ether oxygens (including phenoxy) is 2. The van der Waals surface area contributed by atoms with Crippen LogP contribution in [-0.4, -0.2) is 84.3 Å². The number of hydrogen-bond acceptors (Lipinski definition) is 7. The van der Waals surface area contributed by atoms with Gasteiger partial charge in [-0.05, 0) is 37.8 Å². The predicted molar refractivity (Wildman–Crippen MR) is 157 cm³/mol. The van der Waals surface area contributed by atoms with E-state index >= 15 is 0 Å². The van der Waals surface area contributed by atoms with Gasteiger partial charge in [0.05, 0.1) is 31.6 Å². The highest BCUT2D eigenvalue weighted by atomic mass is 35.5. The number of nitrogens with zero attached hydrogens (tertiary/aromatic N) is 4. The van der Waals surface area contributed by atoms with Crippen molar-refractivity contribution in [1.29, 1.82) is 0 Å². The zero-order valence-electron chi connectivity index (χ0n) is 23.5. The lowest BCUT2D eigenvalue weighted by Gasteiger charge is -2.40. The van der Waals surface area contributed by atoms with Crippen LogP contribution in [0.15, 0.2) is 24.3 Å². The molecule has 3 heterocycles. The monoisotopic (exact) mass is 565 g/mol. The van der Waals surface area contributed by atoms with E-state index < -0.39 is 0 Å². The van der Waals surface area contributed by atoms with E-state index in [0.29, 0.717) is 29.8 Å². The molecule has 40 heavy (non-hydrogen) atoms. The Labute approximate surface area is 242 Å². The Morgan fingerprint density at radius 2 is 1.85 bits per heavy atom. The van der Waals surface area contributed by atoms with Gasteiger partial charge in [0.25, 0.3) is 5.91 Å². The highest BCUT2D eigenvalue weighted by Gasteiger charge is 2.29. The van der Waals surface area contributed by atoms with Crippen LogP contribution in [0.3, 0.4) is 0 Å². The summed E-state index contributed by atoms with van der Waals surface area (Å²) < 4.78 is 11.3. The summed E-state index contributed by atoms with van der Waals surface area (Å²) in [5.41, 5.74) is 3.54. The van der Waals surface area contributed by atoms with Crippen LogP contribution in [0, 0.1) is 0 Å². The van der Waals surface area contributed by atoms with Crippen molar-refractivity contribution in [3.63, 3.8) is 0 Å². The van der Waals surface area contributed by atoms with Gasteiger partial charge in [0.1, 0.15) is 17.4 Å². The number of allylic oxidation sites excluding steroid dienone is 1. The van der Waals surface area contributed by atoms with Crippen molar-refractivity contribution >= 4 is 28.4 Å². The number of morpholine rings is 1. The minimum atomic E-state index is 0.0683. The Morgan fingerprint density at radius 3 is 2.60 bits per heavy atom. The number of rotatable bonds is 7. The van der Waals surface area contributed by atoms with Crippen LogP contribution in [0.2, 0.25) is 0 Å². The fourth-order valence-corrected chi connectivity index (χ4v) is 6.90. The van der Waals surface area contributed by atoms with Crippen molar-refractivity contribution in [1.82, 2.24) is 19.8 Å². The van der Waals surface area contributed by atoms with Crippen LogP contribution in [0.1, 0.15) is 77.9 Å². The number of piperidine rings is 1. The van der Waals surface area contributed by atoms with Crippen molar-refractivity contribution in [3.8, 4) is 5.75 Å². The van der Waals surface area contributed by atoms with Gasteiger partial charge in [0.2, 0.25) is 0 Å². The SMILES string of the molecule is COc1cc(C(=O)N2CCC(N3CCOCC3)CC2)ccc1Cc1nc2c(c(NC3CCCCC3)n1)C(Cl)=CC2. The molecule has 4 aliphatic rings. The number of carbonyl (C=O) groups excluding carboxylic acids is 1. The minimum absolute atomic E-state index is 0.0683. The topological polar surface area (TPSA) is 79.8 Å². The van der Waals surface area contributed by atoms with E-state index in [4.69, 9.17) is 31.0 Å². The molecule has 2 aliphatic heterocycles. The molecule has 214 valence electrons. The van der Waals surface area contributed by atoms with Gasteiger partial charge in [0, 0.05) is 67.3 Å². The van der Waals surface area contributed by atoms with Crippen molar-refractivity contribution in [2.24, 2.45) is 0 Å². The fourth-order valence-electron chi connectivity index (χ4n) is 6.62. The summed E-state index contributed by atoms with van der Waals surface area (Å²) in [6.45, 7) is 5.16. The first-order chi connectivity index (χ1) is 19.6. The Balaban J connectivity index is 1.15. The van der Waals surface area contributed by atoms with E-state index in [1.165, 1.54) is 19.3 Å². The Kier molecular flexibility index (Phi) is 8.56. The number of amides is 1. The van der Waals surface area contributed by atoms with Gasteiger partial charge in [-0.25, -0.2) is 9.97 Å². The van der Waals surface area contributed by atoms with Crippen molar-refractivity contribution in [2.45, 2.75) is 69.9 Å². The maximum absolute atomic E-state index is 13.4. The van der Waals surface area contributed by atoms with Gasteiger partial charge < -0.3 is 19.7 Å². The third-order valence-electron chi connectivity index (χ3n) is 8.89. The number of likely N-dealkylation sites (tertiary alicyclic amines) is 1. The predicted octanol–water partition coefficient (Wildman–Crippen LogP) is 4.89. The van der Waals surface area contributed by atoms with Crippen LogP contribution < -0.4 is 10.1 Å². The number of carbonyl (C=O) groups is 1. The number of hydrogen-bond donors (Lipinski definition) is 1. The molecule has 1 aromatic carbocycles. The largest absolute Gasteiger partial charge is 0.496 e. The highest BCUT2D eigenvalue weighted by Crippen LogP contribution is 2.36. The molecule has 2 aliphatic carbocycles. The molecule has 2 saturated heterocycles. The Hall–Kier alpha value is -2.68. The van der Waals surface area contributed by atoms with E-state index in [2.05, 4.69) is 10.2 Å². The number of methoxy groups -OCH3 is 1. The minimum Gasteiger partial charge on any atom is -0.496 e. The first-order valence-corrected chi connectivity index (χ1v) is 15.3. The summed E-state index contributed by atoms with van der Waals surface area (Å²) in [5.74, 6) is 2.34. The Morgan fingerprint density at radius 1 is 1.07 bits per heavy atom. The summed E-state index contributed by atoms with van der Waals surface area (Å²) in [7, 11) is 1.66. The van der Waals surface area contributed by atoms with Crippen LogP contribution in [0.5, 0.6) is 5.75 Å². The lowest BCUT2D eigenvalue weighted by Crippen LogP contribution is -2.50. The average molecular weight is 566 g/mol. The molecule has 6 rings (SSSR count). The lowest BCUT2D eigenvalue weighted by atomic mass is 9.95. The van der Waals surface area contributed by atoms with Gasteiger partial charge in [-0.3, -0.25) is 9.69 Å². The second kappa shape index (κ2) is 12.5. The molecule has 0 spiro atoms. The molecule has 9 heteroatoms. The summed E-state index contributed by atoms with van der Waals surface area (Å²) >= 11 is 6.56. The quantitative estimate of drug-likeness (QED) is 0.512. The zero-order chi connectivity index (χ0) is 27.5. The highest BCUT2D eigenvalue weighted by molar-refractivity contribution is 6.49. The van der Waals surface area contributed by atoms with E-state index in [1.54, 1.807) is 7.11 Å². The fraction of sp³-hybridized carbons (Fsp3) is 0.581. The third-order valence-corrected chi connectivity index (χ3v) is 9.23. The van der Waals surface area contributed by atoms with E-state index in [0.717, 1.165) is 105 Å². The summed E-state index contributed by atoms with van der Waals surface area (Å²) in [4.78, 5) is 27.7. The standard InChI is InChI=1S/C31H40ClN5O3/c1-39-27-19-22(31(38)37-13-11-24(12-14-37)36-15-17-40-18-16-36)8-7-21(27)20-28-34-26-10-9-25(32)29(26)30(35-28)33-23-5-3-2-4-6-23/h7-9,19,23-24H,2-6,10-18,20H2,1H3,(H,33,34,35). The van der Waals surface area contributed by atoms with Crippen LogP contribution in [0.4, 0.5) is 5.82 Å². The smallest absolute Gasteiger partial charge is 0.253 e. The summed E-state index contributed by atoms with van der Waals surface area (Å²) in [6, 6.07) is 6.74. The van der Waals surface area contributed by atoms with E-state index in [9.17, 15) is 4.79 Å². The van der Waals surface area contributed by atoms with Gasteiger partial charge in [-0.1, -0.05) is 43.0 Å². The molecule has 0 unspecified atom stereocenters. The maximum Gasteiger partial charge on any atom is 0.253 e.